The summed E-state index contributed by atoms with van der Waals surface area (Å²) in [7, 11) is 0. The van der Waals surface area contributed by atoms with E-state index in [1.165, 1.54) is 22.9 Å². The number of hydrogen-bond donors (Lipinski definition) is 2. The zero-order chi connectivity index (χ0) is 12.5. The molecule has 0 bridgehead atoms. The van der Waals surface area contributed by atoms with Crippen LogP contribution >= 0.6 is 0 Å². The molecule has 1 aromatic heterocycles. The summed E-state index contributed by atoms with van der Waals surface area (Å²) in [5, 5.41) is 8.13. The summed E-state index contributed by atoms with van der Waals surface area (Å²) >= 11 is 0. The number of fused-ring (bicyclic) bond motifs is 1. The van der Waals surface area contributed by atoms with Gasteiger partial charge in [0.1, 0.15) is 5.82 Å². The van der Waals surface area contributed by atoms with Gasteiger partial charge in [-0.05, 0) is 50.6 Å². The van der Waals surface area contributed by atoms with Crippen molar-refractivity contribution < 1.29 is 0 Å². The zero-order valence-corrected chi connectivity index (χ0v) is 11.0. The van der Waals surface area contributed by atoms with Gasteiger partial charge in [0, 0.05) is 18.0 Å². The maximum Gasteiger partial charge on any atom is 0.127 e. The first-order valence-corrected chi connectivity index (χ1v) is 6.57. The molecule has 1 aliphatic rings. The molecule has 18 heavy (non-hydrogen) atoms. The van der Waals surface area contributed by atoms with Crippen LogP contribution < -0.4 is 10.6 Å². The molecule has 0 spiro atoms. The Morgan fingerprint density at radius 3 is 2.94 bits per heavy atom. The molecule has 0 radical (unpaired) electrons. The van der Waals surface area contributed by atoms with Crippen molar-refractivity contribution in [3.8, 4) is 0 Å². The van der Waals surface area contributed by atoms with E-state index >= 15 is 0 Å². The third kappa shape index (κ3) is 2.18. The Hall–Kier alpha value is -1.61. The standard InChI is InChI=1S/C15H19N3/c1-10-3-4-14-13(7-10)11(2)8-15(18-14)17-12-5-6-16-9-12/h3-4,7-8,12,16H,5-6,9H2,1-2H3,(H,17,18)/t12-/m0/s1. The molecular weight excluding hydrogens is 222 g/mol. The number of anilines is 1. The van der Waals surface area contributed by atoms with Gasteiger partial charge < -0.3 is 10.6 Å². The number of aryl methyl sites for hydroxylation is 2. The van der Waals surface area contributed by atoms with Gasteiger partial charge in [-0.15, -0.1) is 0 Å². The Kier molecular flexibility index (Phi) is 2.92. The fraction of sp³-hybridized carbons (Fsp3) is 0.400. The van der Waals surface area contributed by atoms with Crippen molar-refractivity contribution in [3.63, 3.8) is 0 Å². The van der Waals surface area contributed by atoms with E-state index in [0.717, 1.165) is 24.4 Å². The second kappa shape index (κ2) is 4.58. The van der Waals surface area contributed by atoms with Crippen LogP contribution in [0.4, 0.5) is 5.82 Å². The van der Waals surface area contributed by atoms with E-state index in [1.807, 2.05) is 0 Å². The summed E-state index contributed by atoms with van der Waals surface area (Å²) in [4.78, 5) is 4.70. The highest BCUT2D eigenvalue weighted by Crippen LogP contribution is 2.22. The summed E-state index contributed by atoms with van der Waals surface area (Å²) in [6, 6.07) is 9.10. The van der Waals surface area contributed by atoms with E-state index in [4.69, 9.17) is 4.98 Å². The molecule has 2 aromatic rings. The maximum atomic E-state index is 4.70. The molecule has 94 valence electrons. The summed E-state index contributed by atoms with van der Waals surface area (Å²) in [5.41, 5.74) is 3.65. The molecular formula is C15H19N3. The van der Waals surface area contributed by atoms with Gasteiger partial charge in [-0.1, -0.05) is 11.6 Å². The molecule has 0 aliphatic carbocycles. The fourth-order valence-electron chi connectivity index (χ4n) is 2.57. The van der Waals surface area contributed by atoms with Gasteiger partial charge in [0.25, 0.3) is 0 Å². The molecule has 3 heteroatoms. The molecule has 1 atom stereocenters. The van der Waals surface area contributed by atoms with E-state index in [9.17, 15) is 0 Å². The molecule has 1 aliphatic heterocycles. The van der Waals surface area contributed by atoms with Crippen LogP contribution in [0.1, 0.15) is 17.5 Å². The average molecular weight is 241 g/mol. The molecule has 0 amide bonds. The predicted octanol–water partition coefficient (Wildman–Crippen LogP) is 2.63. The van der Waals surface area contributed by atoms with Gasteiger partial charge in [-0.25, -0.2) is 4.98 Å². The Morgan fingerprint density at radius 1 is 1.28 bits per heavy atom. The normalized spacial score (nSPS) is 19.3. The third-order valence-corrected chi connectivity index (χ3v) is 3.58. The number of nitrogens with one attached hydrogen (secondary N) is 2. The second-order valence-electron chi connectivity index (χ2n) is 5.18. The molecule has 3 rings (SSSR count). The lowest BCUT2D eigenvalue weighted by Crippen LogP contribution is -2.22. The fourth-order valence-corrected chi connectivity index (χ4v) is 2.57. The summed E-state index contributed by atoms with van der Waals surface area (Å²) < 4.78 is 0. The minimum absolute atomic E-state index is 0.514. The lowest BCUT2D eigenvalue weighted by atomic mass is 10.1. The Labute approximate surface area is 108 Å². The lowest BCUT2D eigenvalue weighted by Gasteiger charge is -2.14. The first-order chi connectivity index (χ1) is 8.72. The van der Waals surface area contributed by atoms with Gasteiger partial charge in [0.2, 0.25) is 0 Å². The first-order valence-electron chi connectivity index (χ1n) is 6.57. The van der Waals surface area contributed by atoms with Crippen LogP contribution in [-0.2, 0) is 0 Å². The number of pyridine rings is 1. The highest BCUT2D eigenvalue weighted by Gasteiger charge is 2.14. The minimum Gasteiger partial charge on any atom is -0.366 e. The highest BCUT2D eigenvalue weighted by molar-refractivity contribution is 5.84. The topological polar surface area (TPSA) is 37.0 Å². The minimum atomic E-state index is 0.514. The summed E-state index contributed by atoms with van der Waals surface area (Å²) in [6.45, 7) is 6.41. The van der Waals surface area contributed by atoms with Gasteiger partial charge in [0.15, 0.2) is 0 Å². The molecule has 3 nitrogen and oxygen atoms in total. The monoisotopic (exact) mass is 241 g/mol. The van der Waals surface area contributed by atoms with Crippen molar-refractivity contribution >= 4 is 16.7 Å². The molecule has 2 N–H and O–H groups in total. The van der Waals surface area contributed by atoms with Gasteiger partial charge in [0.05, 0.1) is 5.52 Å². The SMILES string of the molecule is Cc1ccc2nc(N[C@H]3CCNC3)cc(C)c2c1. The number of aromatic nitrogens is 1. The Bertz CT molecular complexity index is 571. The quantitative estimate of drug-likeness (QED) is 0.848. The second-order valence-corrected chi connectivity index (χ2v) is 5.18. The molecule has 0 saturated carbocycles. The molecule has 1 aromatic carbocycles. The van der Waals surface area contributed by atoms with E-state index in [0.29, 0.717) is 6.04 Å². The molecule has 0 unspecified atom stereocenters. The third-order valence-electron chi connectivity index (χ3n) is 3.58. The zero-order valence-electron chi connectivity index (χ0n) is 11.0. The summed E-state index contributed by atoms with van der Waals surface area (Å²) in [6.07, 6.45) is 1.17. The lowest BCUT2D eigenvalue weighted by molar-refractivity contribution is 0.788. The molecule has 1 fully saturated rings. The van der Waals surface area contributed by atoms with Crippen LogP contribution in [0.5, 0.6) is 0 Å². The van der Waals surface area contributed by atoms with E-state index in [-0.39, 0.29) is 0 Å². The van der Waals surface area contributed by atoms with Crippen LogP contribution in [0.3, 0.4) is 0 Å². The van der Waals surface area contributed by atoms with Crippen LogP contribution in [0.2, 0.25) is 0 Å². The van der Waals surface area contributed by atoms with E-state index in [2.05, 4.69) is 48.7 Å². The van der Waals surface area contributed by atoms with Gasteiger partial charge >= 0.3 is 0 Å². The van der Waals surface area contributed by atoms with Crippen molar-refractivity contribution in [2.75, 3.05) is 18.4 Å². The smallest absolute Gasteiger partial charge is 0.127 e. The van der Waals surface area contributed by atoms with Crippen molar-refractivity contribution in [2.45, 2.75) is 26.3 Å². The van der Waals surface area contributed by atoms with Gasteiger partial charge in [-0.3, -0.25) is 0 Å². The largest absolute Gasteiger partial charge is 0.366 e. The Balaban J connectivity index is 1.96. The van der Waals surface area contributed by atoms with Crippen LogP contribution in [0.15, 0.2) is 24.3 Å². The van der Waals surface area contributed by atoms with Crippen LogP contribution in [-0.4, -0.2) is 24.1 Å². The van der Waals surface area contributed by atoms with Crippen molar-refractivity contribution in [2.24, 2.45) is 0 Å². The number of hydrogen-bond acceptors (Lipinski definition) is 3. The number of rotatable bonds is 2. The van der Waals surface area contributed by atoms with Crippen molar-refractivity contribution in [1.29, 1.82) is 0 Å². The number of benzene rings is 1. The van der Waals surface area contributed by atoms with Crippen molar-refractivity contribution in [3.05, 3.63) is 35.4 Å². The van der Waals surface area contributed by atoms with Crippen molar-refractivity contribution in [1.82, 2.24) is 10.3 Å². The first kappa shape index (κ1) is 11.5. The summed E-state index contributed by atoms with van der Waals surface area (Å²) in [5.74, 6) is 0.998. The molecule has 1 saturated heterocycles. The van der Waals surface area contributed by atoms with Crippen LogP contribution in [0.25, 0.3) is 10.9 Å². The highest BCUT2D eigenvalue weighted by atomic mass is 15.1. The van der Waals surface area contributed by atoms with Gasteiger partial charge in [-0.2, -0.15) is 0 Å². The maximum absolute atomic E-state index is 4.70. The average Bonchev–Trinajstić information content (AvgIpc) is 2.83. The van der Waals surface area contributed by atoms with E-state index < -0.39 is 0 Å². The molecule has 2 heterocycles. The number of nitrogens with zero attached hydrogens (tertiary/aromatic N) is 1. The predicted molar refractivity (Wildman–Crippen MR) is 76.1 cm³/mol. The Morgan fingerprint density at radius 2 is 2.17 bits per heavy atom. The van der Waals surface area contributed by atoms with Crippen LogP contribution in [0, 0.1) is 13.8 Å². The van der Waals surface area contributed by atoms with E-state index in [1.54, 1.807) is 0 Å².